The zero-order valence-electron chi connectivity index (χ0n) is 15.5. The molecule has 0 spiro atoms. The van der Waals surface area contributed by atoms with Crippen LogP contribution in [0.15, 0.2) is 23.2 Å². The molecule has 1 atom stereocenters. The average molecular weight is 375 g/mol. The van der Waals surface area contributed by atoms with E-state index in [4.69, 9.17) is 5.11 Å². The highest BCUT2D eigenvalue weighted by molar-refractivity contribution is 7.10. The molecule has 2 fully saturated rings. The molecule has 0 radical (unpaired) electrons. The van der Waals surface area contributed by atoms with Gasteiger partial charge in [-0.05, 0) is 75.9 Å². The molecular weight excluding hydrogens is 344 g/mol. The molecule has 1 aromatic heterocycles. The van der Waals surface area contributed by atoms with E-state index in [1.807, 2.05) is 0 Å². The summed E-state index contributed by atoms with van der Waals surface area (Å²) in [4.78, 5) is 18.9. The minimum absolute atomic E-state index is 0.211. The van der Waals surface area contributed by atoms with Crippen molar-refractivity contribution in [2.24, 2.45) is 5.92 Å². The quantitative estimate of drug-likeness (QED) is 0.871. The minimum atomic E-state index is 0.211. The van der Waals surface area contributed by atoms with E-state index >= 15 is 0 Å². The topological polar surface area (TPSA) is 43.8 Å². The van der Waals surface area contributed by atoms with Gasteiger partial charge in [-0.3, -0.25) is 4.79 Å². The number of nitrogens with zero attached hydrogens (tertiary/aromatic N) is 2. The molecule has 2 aliphatic heterocycles. The van der Waals surface area contributed by atoms with Crippen LogP contribution in [0.1, 0.15) is 66.1 Å². The number of β-amino-alcohol motifs (C(OH)–C–C–N with tert-alkyl or cyclic N) is 1. The van der Waals surface area contributed by atoms with Crippen LogP contribution in [0.5, 0.6) is 0 Å². The lowest BCUT2D eigenvalue weighted by atomic mass is 9.84. The van der Waals surface area contributed by atoms with Gasteiger partial charge in [0.2, 0.25) is 0 Å². The Morgan fingerprint density at radius 1 is 1.12 bits per heavy atom. The Hall–Kier alpha value is -1.17. The Morgan fingerprint density at radius 2 is 1.92 bits per heavy atom. The van der Waals surface area contributed by atoms with E-state index in [1.54, 1.807) is 11.3 Å². The summed E-state index contributed by atoms with van der Waals surface area (Å²) in [5.74, 6) is 1.39. The summed E-state index contributed by atoms with van der Waals surface area (Å²) in [6.07, 6.45) is 10.6. The van der Waals surface area contributed by atoms with Crippen LogP contribution in [0.2, 0.25) is 0 Å². The first kappa shape index (κ1) is 18.2. The van der Waals surface area contributed by atoms with Gasteiger partial charge in [0, 0.05) is 29.0 Å². The zero-order valence-corrected chi connectivity index (χ0v) is 16.3. The van der Waals surface area contributed by atoms with Crippen molar-refractivity contribution in [1.29, 1.82) is 0 Å². The number of fused-ring (bicyclic) bond motifs is 1. The molecule has 26 heavy (non-hydrogen) atoms. The number of likely N-dealkylation sites (tertiary alicyclic amines) is 2. The summed E-state index contributed by atoms with van der Waals surface area (Å²) < 4.78 is 0. The van der Waals surface area contributed by atoms with Crippen LogP contribution in [-0.4, -0.2) is 53.6 Å². The number of hydrogen-bond donors (Lipinski definition) is 1. The fourth-order valence-corrected chi connectivity index (χ4v) is 5.87. The summed E-state index contributed by atoms with van der Waals surface area (Å²) in [5.41, 5.74) is 2.19. The van der Waals surface area contributed by atoms with Gasteiger partial charge in [-0.25, -0.2) is 0 Å². The molecule has 1 aliphatic carbocycles. The molecule has 1 unspecified atom stereocenters. The van der Waals surface area contributed by atoms with Gasteiger partial charge in [0.15, 0.2) is 0 Å². The van der Waals surface area contributed by atoms with Crippen LogP contribution in [0, 0.1) is 5.92 Å². The number of carbonyl (C=O) groups excluding carboxylic acids is 1. The maximum Gasteiger partial charge on any atom is 0.258 e. The third-order valence-electron chi connectivity index (χ3n) is 6.29. The van der Waals surface area contributed by atoms with Crippen LogP contribution < -0.4 is 0 Å². The summed E-state index contributed by atoms with van der Waals surface area (Å²) in [6.45, 7) is 4.01. The van der Waals surface area contributed by atoms with Crippen molar-refractivity contribution in [2.45, 2.75) is 50.9 Å². The summed E-state index contributed by atoms with van der Waals surface area (Å²) in [6, 6.07) is 2.16. The molecule has 0 bridgehead atoms. The van der Waals surface area contributed by atoms with Gasteiger partial charge >= 0.3 is 0 Å². The standard InChI is InChI=1S/C21H30N2O2S/c24-13-12-22-10-7-17(8-11-22)20-14-18(15-26-20)21(25)23-9-3-5-16-4-1-2-6-19(16)23/h6,14-17,24H,1-5,7-13H2. The van der Waals surface area contributed by atoms with Gasteiger partial charge in [0.25, 0.3) is 5.91 Å². The van der Waals surface area contributed by atoms with Gasteiger partial charge in [0.05, 0.1) is 12.2 Å². The predicted octanol–water partition coefficient (Wildman–Crippen LogP) is 3.84. The monoisotopic (exact) mass is 374 g/mol. The van der Waals surface area contributed by atoms with Gasteiger partial charge in [-0.15, -0.1) is 11.3 Å². The van der Waals surface area contributed by atoms with Crippen LogP contribution in [-0.2, 0) is 0 Å². The van der Waals surface area contributed by atoms with Crippen molar-refractivity contribution in [3.63, 3.8) is 0 Å². The Bertz CT molecular complexity index is 661. The number of aliphatic hydroxyl groups is 1. The van der Waals surface area contributed by atoms with Crippen molar-refractivity contribution in [3.05, 3.63) is 33.7 Å². The van der Waals surface area contributed by atoms with Gasteiger partial charge in [-0.1, -0.05) is 6.08 Å². The highest BCUT2D eigenvalue weighted by Gasteiger charge is 2.31. The molecule has 1 aromatic rings. The molecule has 5 heteroatoms. The van der Waals surface area contributed by atoms with Crippen LogP contribution in [0.4, 0.5) is 0 Å². The molecule has 1 N–H and O–H groups in total. The van der Waals surface area contributed by atoms with Gasteiger partial charge in [0.1, 0.15) is 0 Å². The third-order valence-corrected chi connectivity index (χ3v) is 7.39. The van der Waals surface area contributed by atoms with E-state index < -0.39 is 0 Å². The molecule has 142 valence electrons. The number of aliphatic hydroxyl groups excluding tert-OH is 1. The predicted molar refractivity (Wildman–Crippen MR) is 106 cm³/mol. The SMILES string of the molecule is O=C(c1csc(C2CCN(CCO)CC2)c1)N1CCCC2CCCC=C21. The first-order valence-corrected chi connectivity index (χ1v) is 11.1. The van der Waals surface area contributed by atoms with Crippen molar-refractivity contribution in [3.8, 4) is 0 Å². The second kappa shape index (κ2) is 8.24. The van der Waals surface area contributed by atoms with Crippen LogP contribution in [0.25, 0.3) is 0 Å². The fourth-order valence-electron chi connectivity index (χ4n) is 4.81. The lowest BCUT2D eigenvalue weighted by Crippen LogP contribution is -2.38. The number of hydrogen-bond acceptors (Lipinski definition) is 4. The summed E-state index contributed by atoms with van der Waals surface area (Å²) in [5, 5.41) is 11.2. The van der Waals surface area contributed by atoms with Gasteiger partial charge in [-0.2, -0.15) is 0 Å². The lowest BCUT2D eigenvalue weighted by molar-refractivity contribution is 0.0749. The Kier molecular flexibility index (Phi) is 5.77. The number of allylic oxidation sites excluding steroid dienone is 2. The van der Waals surface area contributed by atoms with E-state index in [0.717, 1.165) is 57.4 Å². The summed E-state index contributed by atoms with van der Waals surface area (Å²) in [7, 11) is 0. The number of carbonyl (C=O) groups is 1. The second-order valence-electron chi connectivity index (χ2n) is 7.93. The number of rotatable bonds is 4. The minimum Gasteiger partial charge on any atom is -0.395 e. The first-order chi connectivity index (χ1) is 12.8. The highest BCUT2D eigenvalue weighted by atomic mass is 32.1. The molecule has 3 aliphatic rings. The van der Waals surface area contributed by atoms with E-state index in [-0.39, 0.29) is 12.5 Å². The molecule has 4 rings (SSSR count). The van der Waals surface area contributed by atoms with Crippen molar-refractivity contribution < 1.29 is 9.90 Å². The first-order valence-electron chi connectivity index (χ1n) is 10.2. The largest absolute Gasteiger partial charge is 0.395 e. The van der Waals surface area contributed by atoms with Crippen molar-refractivity contribution in [2.75, 3.05) is 32.8 Å². The summed E-state index contributed by atoms with van der Waals surface area (Å²) >= 11 is 1.76. The van der Waals surface area contributed by atoms with E-state index in [2.05, 4.69) is 27.3 Å². The molecule has 1 amide bonds. The zero-order chi connectivity index (χ0) is 17.9. The number of piperidine rings is 2. The maximum absolute atomic E-state index is 13.1. The molecule has 0 aromatic carbocycles. The highest BCUT2D eigenvalue weighted by Crippen LogP contribution is 2.37. The molecule has 3 heterocycles. The molecule has 2 saturated heterocycles. The molecular formula is C21H30N2O2S. The average Bonchev–Trinajstić information content (AvgIpc) is 3.18. The Balaban J connectivity index is 1.43. The van der Waals surface area contributed by atoms with Crippen molar-refractivity contribution in [1.82, 2.24) is 9.80 Å². The molecule has 0 saturated carbocycles. The van der Waals surface area contributed by atoms with Gasteiger partial charge < -0.3 is 14.9 Å². The van der Waals surface area contributed by atoms with Crippen LogP contribution >= 0.6 is 11.3 Å². The van der Waals surface area contributed by atoms with E-state index in [1.165, 1.54) is 29.8 Å². The second-order valence-corrected chi connectivity index (χ2v) is 8.88. The van der Waals surface area contributed by atoms with Crippen molar-refractivity contribution >= 4 is 17.2 Å². The normalized spacial score (nSPS) is 25.0. The van der Waals surface area contributed by atoms with Crippen LogP contribution in [0.3, 0.4) is 0 Å². The van der Waals surface area contributed by atoms with E-state index in [9.17, 15) is 4.79 Å². The number of amides is 1. The maximum atomic E-state index is 13.1. The lowest BCUT2D eigenvalue weighted by Gasteiger charge is -2.37. The third kappa shape index (κ3) is 3.75. The van der Waals surface area contributed by atoms with E-state index in [0.29, 0.717) is 11.8 Å². The Labute approximate surface area is 160 Å². The smallest absolute Gasteiger partial charge is 0.258 e. The Morgan fingerprint density at radius 3 is 2.73 bits per heavy atom. The molecule has 4 nitrogen and oxygen atoms in total. The fraction of sp³-hybridized carbons (Fsp3) is 0.667. The number of thiophene rings is 1.